The number of carbonyl (C=O) groups excluding carboxylic acids is 1. The number of carbonyl (C=O) groups is 1. The molecule has 1 aliphatic rings. The van der Waals surface area contributed by atoms with Gasteiger partial charge in [0.2, 0.25) is 5.91 Å². The highest BCUT2D eigenvalue weighted by molar-refractivity contribution is 9.10. The van der Waals surface area contributed by atoms with Gasteiger partial charge in [0.15, 0.2) is 0 Å². The Morgan fingerprint density at radius 3 is 2.95 bits per heavy atom. The van der Waals surface area contributed by atoms with E-state index in [0.717, 1.165) is 10.0 Å². The first-order chi connectivity index (χ1) is 9.52. The Balaban J connectivity index is 2.19. The van der Waals surface area contributed by atoms with Crippen LogP contribution in [0.1, 0.15) is 24.8 Å². The molecular weight excluding hydrogens is 332 g/mol. The number of fused-ring (bicyclic) bond motifs is 1. The molecule has 0 aromatic heterocycles. The lowest BCUT2D eigenvalue weighted by Crippen LogP contribution is -2.39. The Bertz CT molecular complexity index is 496. The Kier molecular flexibility index (Phi) is 4.96. The number of benzene rings is 1. The number of hydrogen-bond donors (Lipinski definition) is 0. The first-order valence-corrected chi connectivity index (χ1v) is 7.31. The van der Waals surface area contributed by atoms with E-state index in [0.29, 0.717) is 18.7 Å². The van der Waals surface area contributed by atoms with E-state index >= 15 is 0 Å². The molecule has 1 amide bonds. The molecule has 0 radical (unpaired) electrons. The first kappa shape index (κ1) is 15.2. The van der Waals surface area contributed by atoms with Crippen LogP contribution in [0.2, 0.25) is 0 Å². The molecule has 0 N–H and O–H groups in total. The third-order valence-corrected chi connectivity index (χ3v) is 3.71. The zero-order valence-corrected chi connectivity index (χ0v) is 12.7. The number of alkyl halides is 2. The zero-order chi connectivity index (χ0) is 14.7. The van der Waals surface area contributed by atoms with E-state index in [-0.39, 0.29) is 12.5 Å². The van der Waals surface area contributed by atoms with E-state index in [9.17, 15) is 13.6 Å². The molecule has 20 heavy (non-hydrogen) atoms. The predicted molar refractivity (Wildman–Crippen MR) is 75.3 cm³/mol. The van der Waals surface area contributed by atoms with Crippen molar-refractivity contribution in [2.75, 3.05) is 19.7 Å². The van der Waals surface area contributed by atoms with Gasteiger partial charge in [-0.3, -0.25) is 4.79 Å². The number of amides is 1. The van der Waals surface area contributed by atoms with E-state index in [4.69, 9.17) is 4.74 Å². The second-order valence-corrected chi connectivity index (χ2v) is 5.64. The SMILES string of the molecule is CCCN(CC(F)F)C(=O)[C@H]1COc2ccc(Br)cc21. The summed E-state index contributed by atoms with van der Waals surface area (Å²) in [5.41, 5.74) is 0.764. The molecule has 1 heterocycles. The van der Waals surface area contributed by atoms with Crippen molar-refractivity contribution in [1.82, 2.24) is 4.90 Å². The van der Waals surface area contributed by atoms with E-state index < -0.39 is 18.9 Å². The summed E-state index contributed by atoms with van der Waals surface area (Å²) in [5, 5.41) is 0. The van der Waals surface area contributed by atoms with Gasteiger partial charge in [-0.2, -0.15) is 0 Å². The molecule has 2 rings (SSSR count). The van der Waals surface area contributed by atoms with Crippen molar-refractivity contribution in [2.45, 2.75) is 25.7 Å². The predicted octanol–water partition coefficient (Wildman–Crippen LogP) is 3.43. The number of ether oxygens (including phenoxy) is 1. The summed E-state index contributed by atoms with van der Waals surface area (Å²) in [6.45, 7) is 1.89. The van der Waals surface area contributed by atoms with Gasteiger partial charge in [0.05, 0.1) is 6.54 Å². The van der Waals surface area contributed by atoms with Crippen LogP contribution in [0.15, 0.2) is 22.7 Å². The number of hydrogen-bond acceptors (Lipinski definition) is 2. The topological polar surface area (TPSA) is 29.5 Å². The minimum absolute atomic E-state index is 0.216. The van der Waals surface area contributed by atoms with Crippen LogP contribution in [0.4, 0.5) is 8.78 Å². The average molecular weight is 348 g/mol. The van der Waals surface area contributed by atoms with Crippen LogP contribution in [0, 0.1) is 0 Å². The highest BCUT2D eigenvalue weighted by Crippen LogP contribution is 2.36. The number of halogens is 3. The van der Waals surface area contributed by atoms with Gasteiger partial charge in [0.1, 0.15) is 18.3 Å². The molecule has 1 aliphatic heterocycles. The summed E-state index contributed by atoms with van der Waals surface area (Å²) in [6.07, 6.45) is -1.87. The molecular formula is C14H16BrF2NO2. The standard InChI is InChI=1S/C14H16BrF2NO2/c1-2-5-18(7-13(16)17)14(19)11-8-20-12-4-3-9(15)6-10(11)12/h3-4,6,11,13H,2,5,7-8H2,1H3/t11-/m0/s1. The van der Waals surface area contributed by atoms with E-state index in [1.165, 1.54) is 4.90 Å². The summed E-state index contributed by atoms with van der Waals surface area (Å²) in [6, 6.07) is 5.43. The van der Waals surface area contributed by atoms with Crippen molar-refractivity contribution in [3.63, 3.8) is 0 Å². The van der Waals surface area contributed by atoms with Crippen molar-refractivity contribution in [2.24, 2.45) is 0 Å². The van der Waals surface area contributed by atoms with Crippen molar-refractivity contribution >= 4 is 21.8 Å². The van der Waals surface area contributed by atoms with Crippen LogP contribution in [-0.2, 0) is 4.79 Å². The fourth-order valence-electron chi connectivity index (χ4n) is 2.34. The second-order valence-electron chi connectivity index (χ2n) is 4.72. The smallest absolute Gasteiger partial charge is 0.255 e. The van der Waals surface area contributed by atoms with Crippen LogP contribution in [0.5, 0.6) is 5.75 Å². The molecule has 6 heteroatoms. The Morgan fingerprint density at radius 1 is 1.55 bits per heavy atom. The van der Waals surface area contributed by atoms with E-state index in [1.54, 1.807) is 6.07 Å². The lowest BCUT2D eigenvalue weighted by molar-refractivity contribution is -0.135. The van der Waals surface area contributed by atoms with Gasteiger partial charge < -0.3 is 9.64 Å². The average Bonchev–Trinajstić information content (AvgIpc) is 2.79. The minimum atomic E-state index is -2.52. The number of nitrogens with zero attached hydrogens (tertiary/aromatic N) is 1. The highest BCUT2D eigenvalue weighted by atomic mass is 79.9. The van der Waals surface area contributed by atoms with Gasteiger partial charge >= 0.3 is 0 Å². The van der Waals surface area contributed by atoms with Gasteiger partial charge in [-0.1, -0.05) is 22.9 Å². The van der Waals surface area contributed by atoms with Crippen molar-refractivity contribution in [3.8, 4) is 5.75 Å². The quantitative estimate of drug-likeness (QED) is 0.816. The lowest BCUT2D eigenvalue weighted by atomic mass is 9.99. The van der Waals surface area contributed by atoms with Gasteiger partial charge in [0, 0.05) is 16.6 Å². The van der Waals surface area contributed by atoms with Crippen LogP contribution in [0.3, 0.4) is 0 Å². The van der Waals surface area contributed by atoms with Crippen LogP contribution >= 0.6 is 15.9 Å². The van der Waals surface area contributed by atoms with Gasteiger partial charge in [-0.05, 0) is 24.6 Å². The third kappa shape index (κ3) is 3.29. The molecule has 0 aliphatic carbocycles. The summed E-state index contributed by atoms with van der Waals surface area (Å²) in [4.78, 5) is 13.7. The molecule has 1 aromatic rings. The van der Waals surface area contributed by atoms with E-state index in [1.807, 2.05) is 19.1 Å². The summed E-state index contributed by atoms with van der Waals surface area (Å²) in [5.74, 6) is -0.128. The molecule has 0 spiro atoms. The monoisotopic (exact) mass is 347 g/mol. The maximum absolute atomic E-state index is 12.6. The number of rotatable bonds is 5. The molecule has 3 nitrogen and oxygen atoms in total. The van der Waals surface area contributed by atoms with Crippen LogP contribution < -0.4 is 4.74 Å². The lowest BCUT2D eigenvalue weighted by Gasteiger charge is -2.24. The minimum Gasteiger partial charge on any atom is -0.492 e. The second kappa shape index (κ2) is 6.52. The molecule has 1 atom stereocenters. The largest absolute Gasteiger partial charge is 0.492 e. The Labute approximate surface area is 125 Å². The fraction of sp³-hybridized carbons (Fsp3) is 0.500. The molecule has 0 saturated carbocycles. The summed E-state index contributed by atoms with van der Waals surface area (Å²) < 4.78 is 31.5. The third-order valence-electron chi connectivity index (χ3n) is 3.21. The van der Waals surface area contributed by atoms with Crippen LogP contribution in [0.25, 0.3) is 0 Å². The van der Waals surface area contributed by atoms with Crippen LogP contribution in [-0.4, -0.2) is 36.9 Å². The first-order valence-electron chi connectivity index (χ1n) is 6.52. The van der Waals surface area contributed by atoms with Gasteiger partial charge in [0.25, 0.3) is 6.43 Å². The van der Waals surface area contributed by atoms with Crippen molar-refractivity contribution in [3.05, 3.63) is 28.2 Å². The maximum atomic E-state index is 12.6. The molecule has 0 unspecified atom stereocenters. The zero-order valence-electron chi connectivity index (χ0n) is 11.1. The van der Waals surface area contributed by atoms with Gasteiger partial charge in [-0.15, -0.1) is 0 Å². The highest BCUT2D eigenvalue weighted by Gasteiger charge is 2.34. The normalized spacial score (nSPS) is 16.9. The van der Waals surface area contributed by atoms with Gasteiger partial charge in [-0.25, -0.2) is 8.78 Å². The maximum Gasteiger partial charge on any atom is 0.255 e. The molecule has 110 valence electrons. The van der Waals surface area contributed by atoms with Crippen molar-refractivity contribution < 1.29 is 18.3 Å². The Morgan fingerprint density at radius 2 is 2.30 bits per heavy atom. The molecule has 0 fully saturated rings. The molecule has 0 bridgehead atoms. The Hall–Kier alpha value is -1.17. The fourth-order valence-corrected chi connectivity index (χ4v) is 2.72. The molecule has 0 saturated heterocycles. The summed E-state index contributed by atoms with van der Waals surface area (Å²) in [7, 11) is 0. The summed E-state index contributed by atoms with van der Waals surface area (Å²) >= 11 is 3.35. The molecule has 1 aromatic carbocycles. The van der Waals surface area contributed by atoms with Crippen molar-refractivity contribution in [1.29, 1.82) is 0 Å². The van der Waals surface area contributed by atoms with E-state index in [2.05, 4.69) is 15.9 Å².